The number of nitrogens with one attached hydrogen (secondary N) is 2. The second-order valence-corrected chi connectivity index (χ2v) is 6.57. The van der Waals surface area contributed by atoms with E-state index in [0.717, 1.165) is 35.5 Å². The van der Waals surface area contributed by atoms with Gasteiger partial charge in [-0.1, -0.05) is 0 Å². The molecule has 0 unspecified atom stereocenters. The van der Waals surface area contributed by atoms with Gasteiger partial charge < -0.3 is 25.0 Å². The highest BCUT2D eigenvalue weighted by Crippen LogP contribution is 2.24. The Hall–Kier alpha value is -1.95. The highest BCUT2D eigenvalue weighted by Gasteiger charge is 2.16. The van der Waals surface area contributed by atoms with Crippen LogP contribution < -0.4 is 20.1 Å². The fourth-order valence-electron chi connectivity index (χ4n) is 3.14. The third kappa shape index (κ3) is 6.12. The molecule has 0 spiro atoms. The molecule has 0 bridgehead atoms. The number of piperidine rings is 1. The quantitative estimate of drug-likeness (QED) is 0.584. The molecule has 0 aromatic heterocycles. The van der Waals surface area contributed by atoms with Gasteiger partial charge in [-0.25, -0.2) is 0 Å². The van der Waals surface area contributed by atoms with Crippen LogP contribution in [0.2, 0.25) is 0 Å². The van der Waals surface area contributed by atoms with Crippen LogP contribution in [0.25, 0.3) is 0 Å². The van der Waals surface area contributed by atoms with Crippen LogP contribution in [-0.2, 0) is 6.54 Å². The summed E-state index contributed by atoms with van der Waals surface area (Å²) in [7, 11) is 7.33. The number of benzene rings is 1. The molecule has 0 radical (unpaired) electrons. The minimum atomic E-state index is 0.654. The SMILES string of the molecule is CN=C(NCCC1CCN(C)CC1)NCc1ccc(OC)cc1OC. The molecule has 0 saturated carbocycles. The van der Waals surface area contributed by atoms with Crippen LogP contribution in [-0.4, -0.2) is 58.8 Å². The summed E-state index contributed by atoms with van der Waals surface area (Å²) in [4.78, 5) is 6.72. The van der Waals surface area contributed by atoms with E-state index >= 15 is 0 Å². The molecule has 2 N–H and O–H groups in total. The first kappa shape index (κ1) is 19.4. The van der Waals surface area contributed by atoms with Gasteiger partial charge in [-0.15, -0.1) is 0 Å². The number of hydrogen-bond acceptors (Lipinski definition) is 4. The van der Waals surface area contributed by atoms with Crippen molar-refractivity contribution in [2.75, 3.05) is 47.9 Å². The molecule has 0 aliphatic carbocycles. The fourth-order valence-corrected chi connectivity index (χ4v) is 3.14. The van der Waals surface area contributed by atoms with Gasteiger partial charge in [0.1, 0.15) is 11.5 Å². The normalized spacial score (nSPS) is 16.6. The molecule has 1 heterocycles. The fraction of sp³-hybridized carbons (Fsp3) is 0.632. The monoisotopic (exact) mass is 348 g/mol. The van der Waals surface area contributed by atoms with Gasteiger partial charge in [-0.3, -0.25) is 4.99 Å². The average molecular weight is 348 g/mol. The Balaban J connectivity index is 1.76. The van der Waals surface area contributed by atoms with Gasteiger partial charge >= 0.3 is 0 Å². The molecule has 0 atom stereocenters. The summed E-state index contributed by atoms with van der Waals surface area (Å²) in [6.07, 6.45) is 3.79. The van der Waals surface area contributed by atoms with Gasteiger partial charge in [0.05, 0.1) is 14.2 Å². The minimum Gasteiger partial charge on any atom is -0.497 e. The van der Waals surface area contributed by atoms with Gasteiger partial charge in [-0.05, 0) is 57.5 Å². The van der Waals surface area contributed by atoms with Crippen molar-refractivity contribution in [1.29, 1.82) is 0 Å². The van der Waals surface area contributed by atoms with Crippen molar-refractivity contribution in [3.05, 3.63) is 23.8 Å². The molecule has 1 aromatic carbocycles. The Kier molecular flexibility index (Phi) is 7.85. The summed E-state index contributed by atoms with van der Waals surface area (Å²) in [5.74, 6) is 3.25. The van der Waals surface area contributed by atoms with E-state index in [-0.39, 0.29) is 0 Å². The van der Waals surface area contributed by atoms with E-state index in [0.29, 0.717) is 6.54 Å². The van der Waals surface area contributed by atoms with Crippen LogP contribution in [0.1, 0.15) is 24.8 Å². The molecular formula is C19H32N4O2. The van der Waals surface area contributed by atoms with Gasteiger partial charge in [0.15, 0.2) is 5.96 Å². The van der Waals surface area contributed by atoms with Crippen LogP contribution in [0.5, 0.6) is 11.5 Å². The minimum absolute atomic E-state index is 0.654. The number of rotatable bonds is 7. The largest absolute Gasteiger partial charge is 0.497 e. The number of aliphatic imine (C=N–C) groups is 1. The molecule has 1 aliphatic heterocycles. The molecule has 1 aliphatic rings. The number of guanidine groups is 1. The molecular weight excluding hydrogens is 316 g/mol. The summed E-state index contributed by atoms with van der Waals surface area (Å²) >= 11 is 0. The topological polar surface area (TPSA) is 58.1 Å². The number of ether oxygens (including phenoxy) is 2. The molecule has 0 amide bonds. The first-order chi connectivity index (χ1) is 12.2. The Labute approximate surface area is 151 Å². The summed E-state index contributed by atoms with van der Waals surface area (Å²) in [5, 5.41) is 6.77. The highest BCUT2D eigenvalue weighted by atomic mass is 16.5. The van der Waals surface area contributed by atoms with E-state index in [1.807, 2.05) is 18.2 Å². The van der Waals surface area contributed by atoms with E-state index in [1.54, 1.807) is 21.3 Å². The standard InChI is InChI=1S/C19H32N4O2/c1-20-19(21-10-7-15-8-11-23(2)12-9-15)22-14-16-5-6-17(24-3)13-18(16)25-4/h5-6,13,15H,7-12,14H2,1-4H3,(H2,20,21,22). The third-order valence-corrected chi connectivity index (χ3v) is 4.85. The van der Waals surface area contributed by atoms with Crippen LogP contribution in [0.15, 0.2) is 23.2 Å². The second kappa shape index (κ2) is 10.1. The molecule has 1 fully saturated rings. The second-order valence-electron chi connectivity index (χ2n) is 6.57. The van der Waals surface area contributed by atoms with Crippen LogP contribution >= 0.6 is 0 Å². The van der Waals surface area contributed by atoms with Crippen molar-refractivity contribution in [2.24, 2.45) is 10.9 Å². The maximum atomic E-state index is 5.44. The zero-order valence-corrected chi connectivity index (χ0v) is 16.0. The summed E-state index contributed by atoms with van der Waals surface area (Å²) in [6.45, 7) is 4.04. The number of hydrogen-bond donors (Lipinski definition) is 2. The summed E-state index contributed by atoms with van der Waals surface area (Å²) < 4.78 is 10.7. The van der Waals surface area contributed by atoms with E-state index in [1.165, 1.54) is 32.4 Å². The average Bonchev–Trinajstić information content (AvgIpc) is 2.65. The van der Waals surface area contributed by atoms with Gasteiger partial charge in [-0.2, -0.15) is 0 Å². The maximum Gasteiger partial charge on any atom is 0.191 e. The smallest absolute Gasteiger partial charge is 0.191 e. The molecule has 1 saturated heterocycles. The first-order valence-electron chi connectivity index (χ1n) is 9.00. The Bertz CT molecular complexity index is 554. The lowest BCUT2D eigenvalue weighted by Crippen LogP contribution is -2.38. The first-order valence-corrected chi connectivity index (χ1v) is 9.00. The Morgan fingerprint density at radius 2 is 1.96 bits per heavy atom. The van der Waals surface area contributed by atoms with Gasteiger partial charge in [0, 0.05) is 31.8 Å². The molecule has 2 rings (SSSR count). The molecule has 25 heavy (non-hydrogen) atoms. The Morgan fingerprint density at radius 1 is 1.20 bits per heavy atom. The van der Waals surface area contributed by atoms with E-state index < -0.39 is 0 Å². The molecule has 6 nitrogen and oxygen atoms in total. The van der Waals surface area contributed by atoms with E-state index in [9.17, 15) is 0 Å². The van der Waals surface area contributed by atoms with E-state index in [4.69, 9.17) is 9.47 Å². The zero-order valence-electron chi connectivity index (χ0n) is 16.0. The van der Waals surface area contributed by atoms with Gasteiger partial charge in [0.25, 0.3) is 0 Å². The lowest BCUT2D eigenvalue weighted by Gasteiger charge is -2.29. The van der Waals surface area contributed by atoms with Crippen molar-refractivity contribution in [3.63, 3.8) is 0 Å². The summed E-state index contributed by atoms with van der Waals surface area (Å²) in [6, 6.07) is 5.85. The van der Waals surface area contributed by atoms with Crippen molar-refractivity contribution in [1.82, 2.24) is 15.5 Å². The number of methoxy groups -OCH3 is 2. The zero-order chi connectivity index (χ0) is 18.1. The number of likely N-dealkylation sites (tertiary alicyclic amines) is 1. The van der Waals surface area contributed by atoms with Crippen LogP contribution in [0.3, 0.4) is 0 Å². The van der Waals surface area contributed by atoms with Crippen molar-refractivity contribution in [2.45, 2.75) is 25.8 Å². The number of nitrogens with zero attached hydrogens (tertiary/aromatic N) is 2. The lowest BCUT2D eigenvalue weighted by molar-refractivity contribution is 0.213. The third-order valence-electron chi connectivity index (χ3n) is 4.85. The Morgan fingerprint density at radius 3 is 2.60 bits per heavy atom. The van der Waals surface area contributed by atoms with Gasteiger partial charge in [0.2, 0.25) is 0 Å². The maximum absolute atomic E-state index is 5.44. The predicted octanol–water partition coefficient (Wildman–Crippen LogP) is 2.10. The molecule has 1 aromatic rings. The molecule has 6 heteroatoms. The highest BCUT2D eigenvalue weighted by molar-refractivity contribution is 5.79. The molecule has 140 valence electrons. The van der Waals surface area contributed by atoms with Crippen molar-refractivity contribution < 1.29 is 9.47 Å². The van der Waals surface area contributed by atoms with Crippen LogP contribution in [0.4, 0.5) is 0 Å². The van der Waals surface area contributed by atoms with Crippen molar-refractivity contribution in [3.8, 4) is 11.5 Å². The summed E-state index contributed by atoms with van der Waals surface area (Å²) in [5.41, 5.74) is 1.07. The predicted molar refractivity (Wildman–Crippen MR) is 103 cm³/mol. The van der Waals surface area contributed by atoms with E-state index in [2.05, 4.69) is 27.6 Å². The van der Waals surface area contributed by atoms with Crippen LogP contribution in [0, 0.1) is 5.92 Å². The van der Waals surface area contributed by atoms with Crippen molar-refractivity contribution >= 4 is 5.96 Å². The lowest BCUT2D eigenvalue weighted by atomic mass is 9.94.